The maximum Gasteiger partial charge on any atom is 0.255 e. The molecule has 136 valence electrons. The molecule has 1 aliphatic rings. The number of amides is 2. The number of para-hydroxylation sites is 2. The van der Waals surface area contributed by atoms with Gasteiger partial charge in [-0.3, -0.25) is 9.59 Å². The molecule has 2 aromatic rings. The highest BCUT2D eigenvalue weighted by molar-refractivity contribution is 6.32. The molecule has 0 aromatic heterocycles. The highest BCUT2D eigenvalue weighted by Crippen LogP contribution is 2.36. The topological polar surface area (TPSA) is 67.9 Å². The highest BCUT2D eigenvalue weighted by atomic mass is 35.5. The monoisotopic (exact) mass is 374 g/mol. The van der Waals surface area contributed by atoms with E-state index >= 15 is 0 Å². The van der Waals surface area contributed by atoms with E-state index < -0.39 is 0 Å². The SMILES string of the molecule is COc1cc(C(=O)Nc2ccccc2N2CCCC2=O)cc(Cl)c1OC. The van der Waals surface area contributed by atoms with Crippen LogP contribution in [0.1, 0.15) is 23.2 Å². The number of nitrogens with one attached hydrogen (secondary N) is 1. The van der Waals surface area contributed by atoms with Gasteiger partial charge in [0.1, 0.15) is 0 Å². The number of halogens is 1. The summed E-state index contributed by atoms with van der Waals surface area (Å²) in [6.07, 6.45) is 1.33. The van der Waals surface area contributed by atoms with Crippen molar-refractivity contribution in [2.45, 2.75) is 12.8 Å². The predicted molar refractivity (Wildman–Crippen MR) is 101 cm³/mol. The molecule has 7 heteroatoms. The van der Waals surface area contributed by atoms with Crippen LogP contribution in [0.15, 0.2) is 36.4 Å². The first-order chi connectivity index (χ1) is 12.5. The van der Waals surface area contributed by atoms with E-state index in [-0.39, 0.29) is 16.8 Å². The summed E-state index contributed by atoms with van der Waals surface area (Å²) >= 11 is 6.18. The van der Waals surface area contributed by atoms with Crippen LogP contribution in [0, 0.1) is 0 Å². The lowest BCUT2D eigenvalue weighted by atomic mass is 10.1. The van der Waals surface area contributed by atoms with E-state index in [1.54, 1.807) is 23.1 Å². The fourth-order valence-electron chi connectivity index (χ4n) is 2.96. The van der Waals surface area contributed by atoms with Gasteiger partial charge in [0.15, 0.2) is 11.5 Å². The van der Waals surface area contributed by atoms with Crippen LogP contribution in [0.4, 0.5) is 11.4 Å². The zero-order valence-electron chi connectivity index (χ0n) is 14.5. The second-order valence-corrected chi connectivity index (χ2v) is 6.22. The van der Waals surface area contributed by atoms with Gasteiger partial charge < -0.3 is 19.7 Å². The van der Waals surface area contributed by atoms with Crippen molar-refractivity contribution < 1.29 is 19.1 Å². The van der Waals surface area contributed by atoms with Crippen molar-refractivity contribution in [2.24, 2.45) is 0 Å². The van der Waals surface area contributed by atoms with Crippen LogP contribution < -0.4 is 19.7 Å². The van der Waals surface area contributed by atoms with Gasteiger partial charge in [-0.25, -0.2) is 0 Å². The number of carbonyl (C=O) groups excluding carboxylic acids is 2. The summed E-state index contributed by atoms with van der Waals surface area (Å²) in [6, 6.07) is 10.3. The van der Waals surface area contributed by atoms with Crippen molar-refractivity contribution in [1.82, 2.24) is 0 Å². The van der Waals surface area contributed by atoms with Crippen LogP contribution in [0.2, 0.25) is 5.02 Å². The molecule has 6 nitrogen and oxygen atoms in total. The second kappa shape index (κ2) is 7.66. The van der Waals surface area contributed by atoms with Crippen molar-refractivity contribution in [2.75, 3.05) is 31.0 Å². The van der Waals surface area contributed by atoms with Gasteiger partial charge in [0.25, 0.3) is 5.91 Å². The number of nitrogens with zero attached hydrogens (tertiary/aromatic N) is 1. The van der Waals surface area contributed by atoms with Gasteiger partial charge in [0.2, 0.25) is 5.91 Å². The molecule has 0 saturated carbocycles. The lowest BCUT2D eigenvalue weighted by molar-refractivity contribution is -0.117. The van der Waals surface area contributed by atoms with E-state index in [1.165, 1.54) is 20.3 Å². The van der Waals surface area contributed by atoms with E-state index in [2.05, 4.69) is 5.32 Å². The molecule has 3 rings (SSSR count). The number of benzene rings is 2. The zero-order valence-corrected chi connectivity index (χ0v) is 15.3. The van der Waals surface area contributed by atoms with Gasteiger partial charge in [-0.1, -0.05) is 23.7 Å². The van der Waals surface area contributed by atoms with Gasteiger partial charge in [-0.2, -0.15) is 0 Å². The highest BCUT2D eigenvalue weighted by Gasteiger charge is 2.24. The molecule has 1 fully saturated rings. The predicted octanol–water partition coefficient (Wildman–Crippen LogP) is 3.74. The minimum Gasteiger partial charge on any atom is -0.493 e. The average molecular weight is 375 g/mol. The molecule has 26 heavy (non-hydrogen) atoms. The Morgan fingerprint density at radius 3 is 2.62 bits per heavy atom. The summed E-state index contributed by atoms with van der Waals surface area (Å²) in [7, 11) is 2.96. The molecule has 1 N–H and O–H groups in total. The Balaban J connectivity index is 1.90. The number of rotatable bonds is 5. The number of hydrogen-bond donors (Lipinski definition) is 1. The van der Waals surface area contributed by atoms with Crippen molar-refractivity contribution in [3.05, 3.63) is 47.0 Å². The molecule has 1 aliphatic heterocycles. The molecular formula is C19H19ClN2O4. The molecule has 2 amide bonds. The molecule has 1 saturated heterocycles. The van der Waals surface area contributed by atoms with Crippen molar-refractivity contribution in [1.29, 1.82) is 0 Å². The zero-order chi connectivity index (χ0) is 18.7. The summed E-state index contributed by atoms with van der Waals surface area (Å²) in [5.41, 5.74) is 1.59. The molecule has 0 spiro atoms. The van der Waals surface area contributed by atoms with E-state index in [1.807, 2.05) is 12.1 Å². The third kappa shape index (κ3) is 3.46. The Labute approximate surface area is 156 Å². The van der Waals surface area contributed by atoms with E-state index in [0.717, 1.165) is 6.42 Å². The molecule has 1 heterocycles. The molecule has 0 aliphatic carbocycles. The number of anilines is 2. The van der Waals surface area contributed by atoms with Crippen molar-refractivity contribution in [3.63, 3.8) is 0 Å². The molecule has 0 atom stereocenters. The molecular weight excluding hydrogens is 356 g/mol. The van der Waals surface area contributed by atoms with Crippen LogP contribution in [0.25, 0.3) is 0 Å². The Hall–Kier alpha value is -2.73. The first-order valence-electron chi connectivity index (χ1n) is 8.17. The lowest BCUT2D eigenvalue weighted by Gasteiger charge is -2.20. The van der Waals surface area contributed by atoms with Crippen molar-refractivity contribution in [3.8, 4) is 11.5 Å². The maximum atomic E-state index is 12.7. The number of ether oxygens (including phenoxy) is 2. The average Bonchev–Trinajstić information content (AvgIpc) is 3.07. The van der Waals surface area contributed by atoms with Crippen LogP contribution >= 0.6 is 11.6 Å². The number of hydrogen-bond acceptors (Lipinski definition) is 4. The van der Waals surface area contributed by atoms with E-state index in [0.29, 0.717) is 41.4 Å². The molecule has 0 unspecified atom stereocenters. The smallest absolute Gasteiger partial charge is 0.255 e. The van der Waals surface area contributed by atoms with Gasteiger partial charge in [-0.15, -0.1) is 0 Å². The van der Waals surface area contributed by atoms with Crippen LogP contribution in [-0.2, 0) is 4.79 Å². The maximum absolute atomic E-state index is 12.7. The minimum atomic E-state index is -0.355. The van der Waals surface area contributed by atoms with E-state index in [4.69, 9.17) is 21.1 Å². The van der Waals surface area contributed by atoms with E-state index in [9.17, 15) is 9.59 Å². The Bertz CT molecular complexity index is 853. The molecule has 0 bridgehead atoms. The molecule has 2 aromatic carbocycles. The van der Waals surface area contributed by atoms with Gasteiger partial charge in [0, 0.05) is 18.5 Å². The van der Waals surface area contributed by atoms with Crippen molar-refractivity contribution >= 4 is 34.8 Å². The van der Waals surface area contributed by atoms with Crippen LogP contribution in [0.3, 0.4) is 0 Å². The fourth-order valence-corrected chi connectivity index (χ4v) is 3.25. The second-order valence-electron chi connectivity index (χ2n) is 5.81. The largest absolute Gasteiger partial charge is 0.493 e. The summed E-state index contributed by atoms with van der Waals surface area (Å²) < 4.78 is 10.4. The standard InChI is InChI=1S/C19H19ClN2O4/c1-25-16-11-12(10-13(20)18(16)26-2)19(24)21-14-6-3-4-7-15(14)22-9-5-8-17(22)23/h3-4,6-7,10-11H,5,8-9H2,1-2H3,(H,21,24). The molecule has 0 radical (unpaired) electrons. The number of methoxy groups -OCH3 is 2. The number of carbonyl (C=O) groups is 2. The lowest BCUT2D eigenvalue weighted by Crippen LogP contribution is -2.25. The first-order valence-corrected chi connectivity index (χ1v) is 8.55. The van der Waals surface area contributed by atoms with Crippen LogP contribution in [0.5, 0.6) is 11.5 Å². The summed E-state index contributed by atoms with van der Waals surface area (Å²) in [5, 5.41) is 3.13. The Morgan fingerprint density at radius 2 is 1.96 bits per heavy atom. The third-order valence-corrected chi connectivity index (χ3v) is 4.49. The summed E-state index contributed by atoms with van der Waals surface area (Å²) in [5.74, 6) is 0.440. The van der Waals surface area contributed by atoms with Gasteiger partial charge in [-0.05, 0) is 30.7 Å². The minimum absolute atomic E-state index is 0.0564. The normalized spacial score (nSPS) is 13.7. The Morgan fingerprint density at radius 1 is 1.19 bits per heavy atom. The summed E-state index contributed by atoms with van der Waals surface area (Å²) in [4.78, 5) is 26.5. The van der Waals surface area contributed by atoms with Gasteiger partial charge in [0.05, 0.1) is 30.6 Å². The summed E-state index contributed by atoms with van der Waals surface area (Å²) in [6.45, 7) is 0.647. The first kappa shape index (κ1) is 18.1. The quantitative estimate of drug-likeness (QED) is 0.865. The fraction of sp³-hybridized carbons (Fsp3) is 0.263. The Kier molecular flexibility index (Phi) is 5.32. The van der Waals surface area contributed by atoms with Gasteiger partial charge >= 0.3 is 0 Å². The van der Waals surface area contributed by atoms with Crippen LogP contribution in [-0.4, -0.2) is 32.6 Å². The third-order valence-electron chi connectivity index (χ3n) is 4.21.